The Hall–Kier alpha value is -1.28. The summed E-state index contributed by atoms with van der Waals surface area (Å²) in [6.45, 7) is 11.7. The Labute approximate surface area is 213 Å². The Kier molecular flexibility index (Phi) is 12.9. The summed E-state index contributed by atoms with van der Waals surface area (Å²) in [7, 11) is 0. The zero-order valence-corrected chi connectivity index (χ0v) is 22.5. The largest absolute Gasteiger partial charge is 0.346 e. The average molecular weight is 491 g/mol. The molecule has 0 aromatic rings. The third-order valence-electron chi connectivity index (χ3n) is 7.39. The van der Waals surface area contributed by atoms with E-state index in [1.54, 1.807) is 0 Å². The van der Waals surface area contributed by atoms with Crippen molar-refractivity contribution in [3.63, 3.8) is 0 Å². The molecule has 6 heteroatoms. The van der Waals surface area contributed by atoms with Gasteiger partial charge in [0.05, 0.1) is 0 Å². The lowest BCUT2D eigenvalue weighted by molar-refractivity contribution is -0.223. The van der Waals surface area contributed by atoms with Crippen molar-refractivity contribution in [2.24, 2.45) is 28.7 Å². The highest BCUT2D eigenvalue weighted by Gasteiger charge is 2.40. The highest BCUT2D eigenvalue weighted by Crippen LogP contribution is 2.38. The molecule has 0 spiro atoms. The van der Waals surface area contributed by atoms with Crippen LogP contribution < -0.4 is 11.5 Å². The molecule has 0 amide bonds. The van der Waals surface area contributed by atoms with E-state index < -0.39 is 11.6 Å². The summed E-state index contributed by atoms with van der Waals surface area (Å²) in [6, 6.07) is 0. The SMILES string of the molecule is CCOC1(OCC)C=CC=CC1CCCC(CN)(CN)CCCC1C=CC=CC1(OCC)OCC. The fourth-order valence-electron chi connectivity index (χ4n) is 5.50. The second-order valence-electron chi connectivity index (χ2n) is 9.57. The number of rotatable bonds is 18. The molecule has 0 aromatic heterocycles. The van der Waals surface area contributed by atoms with E-state index in [4.69, 9.17) is 30.4 Å². The molecule has 2 rings (SSSR count). The Bertz CT molecular complexity index is 643. The Morgan fingerprint density at radius 2 is 1.00 bits per heavy atom. The second kappa shape index (κ2) is 15.1. The van der Waals surface area contributed by atoms with Crippen LogP contribution >= 0.6 is 0 Å². The third kappa shape index (κ3) is 7.85. The highest BCUT2D eigenvalue weighted by molar-refractivity contribution is 5.20. The first kappa shape index (κ1) is 29.9. The number of nitrogens with two attached hydrogens (primary N) is 2. The Morgan fingerprint density at radius 1 is 0.629 bits per heavy atom. The number of ether oxygens (including phenoxy) is 4. The molecule has 35 heavy (non-hydrogen) atoms. The van der Waals surface area contributed by atoms with Crippen molar-refractivity contribution in [2.45, 2.75) is 77.8 Å². The topological polar surface area (TPSA) is 89.0 Å². The van der Waals surface area contributed by atoms with Crippen molar-refractivity contribution in [1.82, 2.24) is 0 Å². The summed E-state index contributed by atoms with van der Waals surface area (Å²) in [5.41, 5.74) is 12.6. The minimum absolute atomic E-state index is 0.0672. The molecular formula is C29H50N2O4. The molecule has 0 saturated carbocycles. The molecular weight excluding hydrogens is 440 g/mol. The van der Waals surface area contributed by atoms with Crippen LogP contribution in [0.1, 0.15) is 66.2 Å². The van der Waals surface area contributed by atoms with Gasteiger partial charge in [0, 0.05) is 38.3 Å². The summed E-state index contributed by atoms with van der Waals surface area (Å²) in [5.74, 6) is -0.986. The highest BCUT2D eigenvalue weighted by atomic mass is 16.7. The zero-order chi connectivity index (χ0) is 25.6. The first-order valence-corrected chi connectivity index (χ1v) is 13.7. The minimum atomic E-state index is -0.672. The second-order valence-corrected chi connectivity index (χ2v) is 9.57. The maximum absolute atomic E-state index is 6.33. The Morgan fingerprint density at radius 3 is 1.31 bits per heavy atom. The molecule has 0 saturated heterocycles. The van der Waals surface area contributed by atoms with E-state index in [1.165, 1.54) is 0 Å². The lowest BCUT2D eigenvalue weighted by Crippen LogP contribution is -2.43. The molecule has 2 atom stereocenters. The van der Waals surface area contributed by atoms with Gasteiger partial charge in [-0.1, -0.05) is 49.3 Å². The van der Waals surface area contributed by atoms with Gasteiger partial charge >= 0.3 is 0 Å². The molecule has 0 bridgehead atoms. The van der Waals surface area contributed by atoms with Gasteiger partial charge in [0.25, 0.3) is 0 Å². The van der Waals surface area contributed by atoms with Crippen LogP contribution in [0.5, 0.6) is 0 Å². The van der Waals surface area contributed by atoms with E-state index in [2.05, 4.69) is 36.5 Å². The quantitative estimate of drug-likeness (QED) is 0.255. The Balaban J connectivity index is 1.97. The standard InChI is InChI=1S/C29H50N2O4/c1-5-32-28(33-6-2)21-11-9-15-25(28)17-13-19-27(23-30,24-31)20-14-18-26-16-10-12-22-29(26,34-7-3)35-8-4/h9-12,15-16,21-22,25-26H,5-8,13-14,17-20,23-24,30-31H2,1-4H3. The number of hydrogen-bond acceptors (Lipinski definition) is 6. The van der Waals surface area contributed by atoms with Crippen LogP contribution in [0.2, 0.25) is 0 Å². The fraction of sp³-hybridized carbons (Fsp3) is 0.724. The lowest BCUT2D eigenvalue weighted by atomic mass is 9.75. The summed E-state index contributed by atoms with van der Waals surface area (Å²) >= 11 is 0. The van der Waals surface area contributed by atoms with Crippen molar-refractivity contribution in [1.29, 1.82) is 0 Å². The van der Waals surface area contributed by atoms with Crippen LogP contribution in [0.25, 0.3) is 0 Å². The lowest BCUT2D eigenvalue weighted by Gasteiger charge is -2.39. The van der Waals surface area contributed by atoms with E-state index in [1.807, 2.05) is 39.8 Å². The smallest absolute Gasteiger partial charge is 0.194 e. The van der Waals surface area contributed by atoms with Crippen molar-refractivity contribution < 1.29 is 18.9 Å². The minimum Gasteiger partial charge on any atom is -0.346 e. The molecule has 6 nitrogen and oxygen atoms in total. The fourth-order valence-corrected chi connectivity index (χ4v) is 5.50. The summed E-state index contributed by atoms with van der Waals surface area (Å²) in [6.07, 6.45) is 22.7. The van der Waals surface area contributed by atoms with Crippen molar-refractivity contribution in [3.8, 4) is 0 Å². The van der Waals surface area contributed by atoms with E-state index >= 15 is 0 Å². The summed E-state index contributed by atoms with van der Waals surface area (Å²) in [4.78, 5) is 0. The van der Waals surface area contributed by atoms with Crippen LogP contribution in [-0.2, 0) is 18.9 Å². The van der Waals surface area contributed by atoms with Crippen molar-refractivity contribution in [2.75, 3.05) is 39.5 Å². The maximum atomic E-state index is 6.33. The maximum Gasteiger partial charge on any atom is 0.194 e. The molecule has 0 aliphatic heterocycles. The number of hydrogen-bond donors (Lipinski definition) is 2. The van der Waals surface area contributed by atoms with Crippen LogP contribution in [0.3, 0.4) is 0 Å². The predicted molar refractivity (Wildman–Crippen MR) is 144 cm³/mol. The molecule has 0 aromatic carbocycles. The van der Waals surface area contributed by atoms with Gasteiger partial charge in [-0.3, -0.25) is 0 Å². The first-order chi connectivity index (χ1) is 17.0. The van der Waals surface area contributed by atoms with E-state index in [9.17, 15) is 0 Å². The average Bonchev–Trinajstić information content (AvgIpc) is 2.86. The van der Waals surface area contributed by atoms with Crippen LogP contribution in [0.15, 0.2) is 48.6 Å². The molecule has 4 N–H and O–H groups in total. The molecule has 0 radical (unpaired) electrons. The van der Waals surface area contributed by atoms with Gasteiger partial charge in [0.1, 0.15) is 0 Å². The normalized spacial score (nSPS) is 22.7. The van der Waals surface area contributed by atoms with E-state index in [-0.39, 0.29) is 17.3 Å². The number of allylic oxidation sites excluding steroid dienone is 4. The van der Waals surface area contributed by atoms with Gasteiger partial charge in [-0.2, -0.15) is 0 Å². The van der Waals surface area contributed by atoms with Crippen LogP contribution in [0, 0.1) is 17.3 Å². The van der Waals surface area contributed by atoms with E-state index in [0.29, 0.717) is 39.5 Å². The van der Waals surface area contributed by atoms with Gasteiger partial charge in [0.2, 0.25) is 0 Å². The third-order valence-corrected chi connectivity index (χ3v) is 7.39. The summed E-state index contributed by atoms with van der Waals surface area (Å²) < 4.78 is 24.4. The van der Waals surface area contributed by atoms with Gasteiger partial charge in [-0.15, -0.1) is 0 Å². The monoisotopic (exact) mass is 490 g/mol. The zero-order valence-electron chi connectivity index (χ0n) is 22.5. The predicted octanol–water partition coefficient (Wildman–Crippen LogP) is 5.25. The van der Waals surface area contributed by atoms with Crippen LogP contribution in [-0.4, -0.2) is 51.1 Å². The molecule has 200 valence electrons. The van der Waals surface area contributed by atoms with Crippen molar-refractivity contribution in [3.05, 3.63) is 48.6 Å². The van der Waals surface area contributed by atoms with Crippen LogP contribution in [0.4, 0.5) is 0 Å². The van der Waals surface area contributed by atoms with Gasteiger partial charge in [0.15, 0.2) is 11.6 Å². The van der Waals surface area contributed by atoms with Gasteiger partial charge in [-0.05, 0) is 84.0 Å². The van der Waals surface area contributed by atoms with Crippen molar-refractivity contribution >= 4 is 0 Å². The molecule has 2 aliphatic carbocycles. The molecule has 0 fully saturated rings. The molecule has 2 aliphatic rings. The first-order valence-electron chi connectivity index (χ1n) is 13.7. The molecule has 2 unspecified atom stereocenters. The van der Waals surface area contributed by atoms with E-state index in [0.717, 1.165) is 38.5 Å². The van der Waals surface area contributed by atoms with Gasteiger partial charge in [-0.25, -0.2) is 0 Å². The molecule has 0 heterocycles. The summed E-state index contributed by atoms with van der Waals surface area (Å²) in [5, 5.41) is 0. The van der Waals surface area contributed by atoms with Gasteiger partial charge < -0.3 is 30.4 Å².